The van der Waals surface area contributed by atoms with Crippen LogP contribution in [0, 0.1) is 0 Å². The van der Waals surface area contributed by atoms with Crippen LogP contribution in [0.25, 0.3) is 0 Å². The molecule has 0 aromatic heterocycles. The number of carboxylic acid groups (broad SMARTS) is 1. The second-order valence-electron chi connectivity index (χ2n) is 3.64. The molecule has 0 aliphatic carbocycles. The first-order chi connectivity index (χ1) is 8.64. The minimum absolute atomic E-state index is 0.0741. The van der Waals surface area contributed by atoms with Crippen LogP contribution in [0.15, 0.2) is 35.2 Å². The SMILES string of the molecule is CC(=O)CC(N)C(=O)O.O=S(=O)(O)c1ccccc1. The highest BCUT2D eigenvalue weighted by Crippen LogP contribution is 2.05. The zero-order valence-corrected chi connectivity index (χ0v) is 11.0. The van der Waals surface area contributed by atoms with Crippen molar-refractivity contribution in [3.63, 3.8) is 0 Å². The Morgan fingerprint density at radius 1 is 1.26 bits per heavy atom. The average molecular weight is 289 g/mol. The first-order valence-corrected chi connectivity index (χ1v) is 6.59. The van der Waals surface area contributed by atoms with Crippen LogP contribution in [0.4, 0.5) is 0 Å². The molecular weight excluding hydrogens is 274 g/mol. The van der Waals surface area contributed by atoms with E-state index in [1.165, 1.54) is 19.1 Å². The third-order valence-electron chi connectivity index (χ3n) is 1.87. The van der Waals surface area contributed by atoms with Crippen molar-refractivity contribution in [1.29, 1.82) is 0 Å². The number of benzene rings is 1. The largest absolute Gasteiger partial charge is 0.480 e. The molecule has 19 heavy (non-hydrogen) atoms. The maximum Gasteiger partial charge on any atom is 0.320 e. The topological polar surface area (TPSA) is 135 Å². The molecule has 1 atom stereocenters. The van der Waals surface area contributed by atoms with E-state index in [9.17, 15) is 18.0 Å². The fraction of sp³-hybridized carbons (Fsp3) is 0.273. The maximum atomic E-state index is 10.4. The Morgan fingerprint density at radius 3 is 1.95 bits per heavy atom. The summed E-state index contributed by atoms with van der Waals surface area (Å²) in [6.07, 6.45) is -0.0880. The van der Waals surface area contributed by atoms with Crippen molar-refractivity contribution < 1.29 is 27.7 Å². The van der Waals surface area contributed by atoms with Gasteiger partial charge in [-0.3, -0.25) is 14.1 Å². The van der Waals surface area contributed by atoms with Gasteiger partial charge in [0.15, 0.2) is 0 Å². The molecule has 0 bridgehead atoms. The second kappa shape index (κ2) is 7.62. The summed E-state index contributed by atoms with van der Waals surface area (Å²) in [6, 6.07) is 6.38. The molecule has 1 unspecified atom stereocenters. The fourth-order valence-electron chi connectivity index (χ4n) is 0.989. The summed E-state index contributed by atoms with van der Waals surface area (Å²) in [5.74, 6) is -1.34. The Kier molecular flexibility index (Phi) is 6.91. The highest BCUT2D eigenvalue weighted by Gasteiger charge is 2.12. The van der Waals surface area contributed by atoms with Gasteiger partial charge >= 0.3 is 5.97 Å². The summed E-state index contributed by atoms with van der Waals surface area (Å²) in [7, 11) is -4.00. The van der Waals surface area contributed by atoms with Gasteiger partial charge in [0, 0.05) is 6.42 Å². The second-order valence-corrected chi connectivity index (χ2v) is 5.06. The summed E-state index contributed by atoms with van der Waals surface area (Å²) in [5.41, 5.74) is 5.00. The number of carbonyl (C=O) groups is 2. The van der Waals surface area contributed by atoms with Gasteiger partial charge in [-0.2, -0.15) is 8.42 Å². The number of rotatable bonds is 4. The van der Waals surface area contributed by atoms with Gasteiger partial charge in [-0.25, -0.2) is 0 Å². The van der Waals surface area contributed by atoms with Crippen molar-refractivity contribution in [2.45, 2.75) is 24.3 Å². The average Bonchev–Trinajstić information content (AvgIpc) is 2.29. The number of nitrogens with two attached hydrogens (primary N) is 1. The molecular formula is C11H15NO6S. The van der Waals surface area contributed by atoms with Crippen LogP contribution in [0.1, 0.15) is 13.3 Å². The predicted molar refractivity (Wildman–Crippen MR) is 67.2 cm³/mol. The van der Waals surface area contributed by atoms with E-state index in [0.29, 0.717) is 0 Å². The Hall–Kier alpha value is -1.77. The Labute approximate surface area is 110 Å². The number of Topliss-reactive ketones (excluding diaryl/α,β-unsaturated/α-hetero) is 1. The first-order valence-electron chi connectivity index (χ1n) is 5.15. The van der Waals surface area contributed by atoms with Gasteiger partial charge < -0.3 is 10.8 Å². The van der Waals surface area contributed by atoms with Crippen molar-refractivity contribution in [2.75, 3.05) is 0 Å². The van der Waals surface area contributed by atoms with Gasteiger partial charge in [0.25, 0.3) is 10.1 Å². The van der Waals surface area contributed by atoms with Crippen molar-refractivity contribution in [2.24, 2.45) is 5.73 Å². The van der Waals surface area contributed by atoms with Gasteiger partial charge in [-0.05, 0) is 19.1 Å². The van der Waals surface area contributed by atoms with E-state index in [1.807, 2.05) is 0 Å². The number of carboxylic acids is 1. The Bertz CT molecular complexity index is 525. The molecule has 0 aliphatic heterocycles. The zero-order valence-electron chi connectivity index (χ0n) is 10.2. The molecule has 1 aromatic rings. The third-order valence-corrected chi connectivity index (χ3v) is 2.73. The normalized spacial score (nSPS) is 11.9. The van der Waals surface area contributed by atoms with Crippen LogP contribution in [-0.4, -0.2) is 35.9 Å². The van der Waals surface area contributed by atoms with E-state index >= 15 is 0 Å². The zero-order chi connectivity index (χ0) is 15.1. The fourth-order valence-corrected chi connectivity index (χ4v) is 1.49. The van der Waals surface area contributed by atoms with Crippen molar-refractivity contribution >= 4 is 21.9 Å². The van der Waals surface area contributed by atoms with E-state index in [0.717, 1.165) is 0 Å². The minimum atomic E-state index is -4.00. The monoisotopic (exact) mass is 289 g/mol. The van der Waals surface area contributed by atoms with Crippen LogP contribution in [0.3, 0.4) is 0 Å². The number of aliphatic carboxylic acids is 1. The third kappa shape index (κ3) is 8.03. The van der Waals surface area contributed by atoms with Gasteiger partial charge in [-0.15, -0.1) is 0 Å². The Balaban J connectivity index is 0.000000344. The summed E-state index contributed by atoms with van der Waals surface area (Å²) in [5, 5.41) is 8.15. The first kappa shape index (κ1) is 17.2. The van der Waals surface area contributed by atoms with Gasteiger partial charge in [0.1, 0.15) is 11.8 Å². The van der Waals surface area contributed by atoms with Gasteiger partial charge in [0.05, 0.1) is 4.90 Å². The molecule has 0 radical (unpaired) electrons. The van der Waals surface area contributed by atoms with E-state index in [4.69, 9.17) is 15.4 Å². The van der Waals surface area contributed by atoms with E-state index in [2.05, 4.69) is 0 Å². The van der Waals surface area contributed by atoms with E-state index in [1.54, 1.807) is 18.2 Å². The molecule has 1 rings (SSSR count). The van der Waals surface area contributed by atoms with Crippen LogP contribution in [0.2, 0.25) is 0 Å². The number of hydrogen-bond acceptors (Lipinski definition) is 5. The molecule has 1 aromatic carbocycles. The lowest BCUT2D eigenvalue weighted by molar-refractivity contribution is -0.140. The van der Waals surface area contributed by atoms with E-state index < -0.39 is 22.1 Å². The summed E-state index contributed by atoms with van der Waals surface area (Å²) in [6.45, 7) is 1.31. The van der Waals surface area contributed by atoms with Crippen molar-refractivity contribution in [3.8, 4) is 0 Å². The van der Waals surface area contributed by atoms with Crippen molar-refractivity contribution in [1.82, 2.24) is 0 Å². The van der Waals surface area contributed by atoms with Gasteiger partial charge in [0.2, 0.25) is 0 Å². The van der Waals surface area contributed by atoms with Crippen LogP contribution in [0.5, 0.6) is 0 Å². The quantitative estimate of drug-likeness (QED) is 0.679. The van der Waals surface area contributed by atoms with Crippen LogP contribution >= 0.6 is 0 Å². The Morgan fingerprint density at radius 2 is 1.74 bits per heavy atom. The molecule has 0 fully saturated rings. The van der Waals surface area contributed by atoms with Crippen LogP contribution < -0.4 is 5.73 Å². The highest BCUT2D eigenvalue weighted by molar-refractivity contribution is 7.85. The molecule has 106 valence electrons. The van der Waals surface area contributed by atoms with E-state index in [-0.39, 0.29) is 17.1 Å². The number of ketones is 1. The summed E-state index contributed by atoms with van der Waals surface area (Å²) < 4.78 is 29.2. The lowest BCUT2D eigenvalue weighted by atomic mass is 10.2. The highest BCUT2D eigenvalue weighted by atomic mass is 32.2. The molecule has 4 N–H and O–H groups in total. The summed E-state index contributed by atoms with van der Waals surface area (Å²) in [4.78, 5) is 20.1. The number of carbonyl (C=O) groups excluding carboxylic acids is 1. The minimum Gasteiger partial charge on any atom is -0.480 e. The lowest BCUT2D eigenvalue weighted by Gasteiger charge is -2.00. The van der Waals surface area contributed by atoms with Crippen LogP contribution in [-0.2, 0) is 19.7 Å². The van der Waals surface area contributed by atoms with Crippen molar-refractivity contribution in [3.05, 3.63) is 30.3 Å². The number of hydrogen-bond donors (Lipinski definition) is 3. The predicted octanol–water partition coefficient (Wildman–Crippen LogP) is 0.311. The molecule has 7 nitrogen and oxygen atoms in total. The molecule has 0 aliphatic rings. The summed E-state index contributed by atoms with van der Waals surface area (Å²) >= 11 is 0. The standard InChI is InChI=1S/C6H6O3S.C5H9NO3/c7-10(8,9)6-4-2-1-3-5-6;1-3(7)2-4(6)5(8)9/h1-5H,(H,7,8,9);4H,2,6H2,1H3,(H,8,9). The molecule has 0 saturated heterocycles. The maximum absolute atomic E-state index is 10.4. The molecule has 0 heterocycles. The molecule has 0 amide bonds. The molecule has 0 saturated carbocycles. The molecule has 0 spiro atoms. The molecule has 8 heteroatoms. The lowest BCUT2D eigenvalue weighted by Crippen LogP contribution is -2.31. The smallest absolute Gasteiger partial charge is 0.320 e. The van der Waals surface area contributed by atoms with Gasteiger partial charge in [-0.1, -0.05) is 18.2 Å².